The van der Waals surface area contributed by atoms with Crippen LogP contribution in [0.3, 0.4) is 0 Å². The van der Waals surface area contributed by atoms with Crippen molar-refractivity contribution in [2.75, 3.05) is 18.5 Å². The van der Waals surface area contributed by atoms with Crippen molar-refractivity contribution in [3.05, 3.63) is 29.8 Å². The summed E-state index contributed by atoms with van der Waals surface area (Å²) in [6.45, 7) is 5.14. The first kappa shape index (κ1) is 9.53. The highest BCUT2D eigenvalue weighted by atomic mass is 16.5. The van der Waals surface area contributed by atoms with Crippen molar-refractivity contribution < 1.29 is 4.74 Å². The van der Waals surface area contributed by atoms with Gasteiger partial charge in [0.1, 0.15) is 6.10 Å². The van der Waals surface area contributed by atoms with Crippen LogP contribution >= 0.6 is 0 Å². The van der Waals surface area contributed by atoms with Gasteiger partial charge in [0, 0.05) is 24.8 Å². The Kier molecular flexibility index (Phi) is 2.46. The minimum atomic E-state index is 0.246. The Labute approximate surface area is 85.5 Å². The molecule has 0 amide bonds. The molecule has 1 aliphatic heterocycles. The largest absolute Gasteiger partial charge is 0.371 e. The number of fused-ring (bicyclic) bond motifs is 1. The molecule has 0 saturated carbocycles. The number of nitrogens with zero attached hydrogens (tertiary/aromatic N) is 1. The number of hydrogen-bond donors (Lipinski definition) is 0. The van der Waals surface area contributed by atoms with Gasteiger partial charge in [-0.25, -0.2) is 0 Å². The van der Waals surface area contributed by atoms with Gasteiger partial charge >= 0.3 is 0 Å². The molecule has 14 heavy (non-hydrogen) atoms. The van der Waals surface area contributed by atoms with Gasteiger partial charge < -0.3 is 9.64 Å². The van der Waals surface area contributed by atoms with E-state index in [1.807, 2.05) is 0 Å². The van der Waals surface area contributed by atoms with Crippen LogP contribution in [0.2, 0.25) is 0 Å². The average Bonchev–Trinajstić information content (AvgIpc) is 2.44. The average molecular weight is 191 g/mol. The third kappa shape index (κ3) is 1.62. The second-order valence-corrected chi connectivity index (χ2v) is 4.11. The Morgan fingerprint density at radius 1 is 1.36 bits per heavy atom. The standard InChI is InChI=1S/C12H17NO/c1-9(2)14-12-8-13(3)11-7-5-4-6-10(11)12/h4-7,9,12H,8H2,1-3H3. The van der Waals surface area contributed by atoms with E-state index in [4.69, 9.17) is 4.74 Å². The van der Waals surface area contributed by atoms with Crippen LogP contribution in [0, 0.1) is 0 Å². The molecule has 1 aromatic carbocycles. The van der Waals surface area contributed by atoms with E-state index in [1.54, 1.807) is 0 Å². The fourth-order valence-electron chi connectivity index (χ4n) is 2.00. The molecule has 2 rings (SSSR count). The van der Waals surface area contributed by atoms with Gasteiger partial charge in [-0.1, -0.05) is 18.2 Å². The lowest BCUT2D eigenvalue weighted by atomic mass is 10.1. The van der Waals surface area contributed by atoms with Crippen molar-refractivity contribution in [2.24, 2.45) is 0 Å². The zero-order valence-corrected chi connectivity index (χ0v) is 9.03. The Balaban J connectivity index is 2.25. The number of ether oxygens (including phenoxy) is 1. The van der Waals surface area contributed by atoms with Crippen molar-refractivity contribution >= 4 is 5.69 Å². The highest BCUT2D eigenvalue weighted by molar-refractivity contribution is 5.58. The first-order chi connectivity index (χ1) is 6.68. The summed E-state index contributed by atoms with van der Waals surface area (Å²) in [6, 6.07) is 8.46. The van der Waals surface area contributed by atoms with Crippen molar-refractivity contribution in [3.63, 3.8) is 0 Å². The second-order valence-electron chi connectivity index (χ2n) is 4.11. The van der Waals surface area contributed by atoms with Crippen molar-refractivity contribution in [3.8, 4) is 0 Å². The predicted octanol–water partition coefficient (Wildman–Crippen LogP) is 2.60. The van der Waals surface area contributed by atoms with E-state index in [0.717, 1.165) is 6.54 Å². The van der Waals surface area contributed by atoms with Crippen molar-refractivity contribution in [1.82, 2.24) is 0 Å². The van der Waals surface area contributed by atoms with Crippen LogP contribution < -0.4 is 4.90 Å². The van der Waals surface area contributed by atoms with Gasteiger partial charge in [-0.3, -0.25) is 0 Å². The summed E-state index contributed by atoms with van der Waals surface area (Å²) >= 11 is 0. The SMILES string of the molecule is CC(C)OC1CN(C)c2ccccc21. The lowest BCUT2D eigenvalue weighted by molar-refractivity contribution is 0.0165. The van der Waals surface area contributed by atoms with Gasteiger partial charge in [0.25, 0.3) is 0 Å². The van der Waals surface area contributed by atoms with Gasteiger partial charge in [0.15, 0.2) is 0 Å². The molecule has 1 aliphatic rings. The van der Waals surface area contributed by atoms with E-state index in [0.29, 0.717) is 6.10 Å². The minimum Gasteiger partial charge on any atom is -0.371 e. The topological polar surface area (TPSA) is 12.5 Å². The molecule has 0 aromatic heterocycles. The number of anilines is 1. The van der Waals surface area contributed by atoms with Crippen molar-refractivity contribution in [2.45, 2.75) is 26.1 Å². The van der Waals surface area contributed by atoms with Gasteiger partial charge in [-0.05, 0) is 19.9 Å². The van der Waals surface area contributed by atoms with Crippen LogP contribution in [-0.2, 0) is 4.74 Å². The lowest BCUT2D eigenvalue weighted by Gasteiger charge is -2.16. The van der Waals surface area contributed by atoms with Crippen LogP contribution in [0.1, 0.15) is 25.5 Å². The predicted molar refractivity (Wildman–Crippen MR) is 58.7 cm³/mol. The van der Waals surface area contributed by atoms with Gasteiger partial charge in [0.05, 0.1) is 6.10 Å². The van der Waals surface area contributed by atoms with Crippen LogP contribution in [0.15, 0.2) is 24.3 Å². The first-order valence-electron chi connectivity index (χ1n) is 5.14. The number of hydrogen-bond acceptors (Lipinski definition) is 2. The van der Waals surface area contributed by atoms with Crippen LogP contribution in [-0.4, -0.2) is 19.7 Å². The van der Waals surface area contributed by atoms with Gasteiger partial charge in [-0.15, -0.1) is 0 Å². The smallest absolute Gasteiger partial charge is 0.102 e. The van der Waals surface area contributed by atoms with Crippen LogP contribution in [0.4, 0.5) is 5.69 Å². The molecule has 0 fully saturated rings. The Bertz CT molecular complexity index is 320. The molecule has 2 heteroatoms. The van der Waals surface area contributed by atoms with Crippen LogP contribution in [0.25, 0.3) is 0 Å². The lowest BCUT2D eigenvalue weighted by Crippen LogP contribution is -2.18. The highest BCUT2D eigenvalue weighted by Crippen LogP contribution is 2.35. The Hall–Kier alpha value is -1.02. The van der Waals surface area contributed by atoms with E-state index >= 15 is 0 Å². The fraction of sp³-hybridized carbons (Fsp3) is 0.500. The zero-order chi connectivity index (χ0) is 10.1. The number of likely N-dealkylation sites (N-methyl/N-ethyl adjacent to an activating group) is 1. The highest BCUT2D eigenvalue weighted by Gasteiger charge is 2.26. The molecule has 76 valence electrons. The van der Waals surface area contributed by atoms with Gasteiger partial charge in [0.2, 0.25) is 0 Å². The molecule has 1 heterocycles. The number of para-hydroxylation sites is 1. The van der Waals surface area contributed by atoms with E-state index in [9.17, 15) is 0 Å². The third-order valence-corrected chi connectivity index (χ3v) is 2.57. The molecule has 0 bridgehead atoms. The third-order valence-electron chi connectivity index (χ3n) is 2.57. The minimum absolute atomic E-state index is 0.246. The summed E-state index contributed by atoms with van der Waals surface area (Å²) in [4.78, 5) is 2.25. The van der Waals surface area contributed by atoms with Gasteiger partial charge in [-0.2, -0.15) is 0 Å². The summed E-state index contributed by atoms with van der Waals surface area (Å²) < 4.78 is 5.87. The normalized spacial score (nSPS) is 20.3. The van der Waals surface area contributed by atoms with Crippen molar-refractivity contribution in [1.29, 1.82) is 0 Å². The molecule has 0 radical (unpaired) electrons. The molecule has 1 unspecified atom stereocenters. The monoisotopic (exact) mass is 191 g/mol. The molecular formula is C12H17NO. The zero-order valence-electron chi connectivity index (χ0n) is 9.03. The molecule has 0 aliphatic carbocycles. The van der Waals surface area contributed by atoms with E-state index in [-0.39, 0.29) is 6.10 Å². The maximum Gasteiger partial charge on any atom is 0.102 e. The first-order valence-corrected chi connectivity index (χ1v) is 5.14. The summed E-state index contributed by atoms with van der Waals surface area (Å²) in [5.74, 6) is 0. The molecule has 1 atom stereocenters. The van der Waals surface area contributed by atoms with Crippen LogP contribution in [0.5, 0.6) is 0 Å². The number of rotatable bonds is 2. The summed E-state index contributed by atoms with van der Waals surface area (Å²) in [5, 5.41) is 0. The molecule has 2 nitrogen and oxygen atoms in total. The second kappa shape index (κ2) is 3.62. The summed E-state index contributed by atoms with van der Waals surface area (Å²) in [5.41, 5.74) is 2.63. The Morgan fingerprint density at radius 2 is 2.07 bits per heavy atom. The molecule has 1 aromatic rings. The molecule has 0 N–H and O–H groups in total. The molecular weight excluding hydrogens is 174 g/mol. The van der Waals surface area contributed by atoms with E-state index in [1.165, 1.54) is 11.3 Å². The Morgan fingerprint density at radius 3 is 2.79 bits per heavy atom. The number of benzene rings is 1. The molecule has 0 spiro atoms. The fourth-order valence-corrected chi connectivity index (χ4v) is 2.00. The molecule has 0 saturated heterocycles. The summed E-state index contributed by atoms with van der Waals surface area (Å²) in [6.07, 6.45) is 0.538. The summed E-state index contributed by atoms with van der Waals surface area (Å²) in [7, 11) is 2.11. The van der Waals surface area contributed by atoms with E-state index < -0.39 is 0 Å². The maximum absolute atomic E-state index is 5.87. The van der Waals surface area contributed by atoms with E-state index in [2.05, 4.69) is 50.1 Å². The maximum atomic E-state index is 5.87. The quantitative estimate of drug-likeness (QED) is 0.712.